The van der Waals surface area contributed by atoms with E-state index in [1.165, 1.54) is 80.0 Å². The van der Waals surface area contributed by atoms with E-state index < -0.39 is 0 Å². The summed E-state index contributed by atoms with van der Waals surface area (Å²) < 4.78 is 13.5. The van der Waals surface area contributed by atoms with Crippen LogP contribution in [0, 0.1) is 0 Å². The Morgan fingerprint density at radius 1 is 0.457 bits per heavy atom. The molecule has 10 aromatic rings. The Hall–Kier alpha value is -7.18. The second-order valence-electron chi connectivity index (χ2n) is 23.2. The molecule has 2 atom stereocenters. The Labute approximate surface area is 411 Å². The standard InChI is InChI=1S/C64H58BN3O2/c1-61(2,3)39-26-29-48-52(34-39)66(41-28-31-58-46(36-41)44-19-10-13-24-56(44)69-58)54-37-42(68-50-22-12-11-21-47(50)63(7)32-15-16-33-64(63,68)8)38-55-59(54)65(48)49-30-27-40(62(4,5)6)35-53(49)67(55)51-23-17-20-45-43-18-9-14-25-57(43)70-60(45)51/h9-14,17-31,34-38H,15-16,32-33H2,1-8H3. The Kier molecular flexibility index (Phi) is 8.49. The number of benzene rings is 8. The van der Waals surface area contributed by atoms with E-state index in [0.29, 0.717) is 0 Å². The lowest BCUT2D eigenvalue weighted by atomic mass is 9.33. The smallest absolute Gasteiger partial charge is 0.252 e. The Balaban J connectivity index is 1.14. The van der Waals surface area contributed by atoms with Gasteiger partial charge in [0.1, 0.15) is 16.7 Å². The third kappa shape index (κ3) is 5.62. The lowest BCUT2D eigenvalue weighted by molar-refractivity contribution is 0.195. The highest BCUT2D eigenvalue weighted by Crippen LogP contribution is 2.62. The third-order valence-electron chi connectivity index (χ3n) is 17.3. The highest BCUT2D eigenvalue weighted by atomic mass is 16.3. The molecule has 0 amide bonds. The van der Waals surface area contributed by atoms with Gasteiger partial charge in [-0.1, -0.05) is 152 Å². The minimum Gasteiger partial charge on any atom is -0.456 e. The summed E-state index contributed by atoms with van der Waals surface area (Å²) in [5.74, 6) is 0. The molecule has 14 rings (SSSR count). The van der Waals surface area contributed by atoms with Crippen LogP contribution in [0.1, 0.15) is 97.8 Å². The molecule has 3 aliphatic heterocycles. The fourth-order valence-electron chi connectivity index (χ4n) is 13.4. The summed E-state index contributed by atoms with van der Waals surface area (Å²) >= 11 is 0. The van der Waals surface area contributed by atoms with Gasteiger partial charge < -0.3 is 23.5 Å². The average Bonchev–Trinajstić information content (AvgIpc) is 3.99. The molecule has 70 heavy (non-hydrogen) atoms. The summed E-state index contributed by atoms with van der Waals surface area (Å²) in [6.45, 7) is 19.1. The molecular weight excluding hydrogens is 854 g/mol. The van der Waals surface area contributed by atoms with E-state index in [1.54, 1.807) is 0 Å². The number of para-hydroxylation sites is 4. The summed E-state index contributed by atoms with van der Waals surface area (Å²) in [4.78, 5) is 7.95. The molecule has 344 valence electrons. The molecule has 0 radical (unpaired) electrons. The number of fused-ring (bicyclic) bond motifs is 13. The molecule has 4 aliphatic rings. The third-order valence-corrected chi connectivity index (χ3v) is 17.3. The molecule has 1 fully saturated rings. The van der Waals surface area contributed by atoms with Crippen molar-refractivity contribution in [1.29, 1.82) is 0 Å². The van der Waals surface area contributed by atoms with Crippen LogP contribution in [-0.4, -0.2) is 12.3 Å². The van der Waals surface area contributed by atoms with E-state index in [2.05, 4.69) is 228 Å². The first kappa shape index (κ1) is 41.8. The van der Waals surface area contributed by atoms with Gasteiger partial charge in [0, 0.05) is 66.8 Å². The summed E-state index contributed by atoms with van der Waals surface area (Å²) in [7, 11) is 0. The van der Waals surface area contributed by atoms with Gasteiger partial charge in [-0.25, -0.2) is 0 Å². The van der Waals surface area contributed by atoms with Crippen molar-refractivity contribution in [2.24, 2.45) is 0 Å². The van der Waals surface area contributed by atoms with Gasteiger partial charge in [0.25, 0.3) is 6.71 Å². The summed E-state index contributed by atoms with van der Waals surface area (Å²) in [6.07, 6.45) is 4.71. The lowest BCUT2D eigenvalue weighted by Gasteiger charge is -2.51. The van der Waals surface area contributed by atoms with Crippen molar-refractivity contribution < 1.29 is 8.83 Å². The van der Waals surface area contributed by atoms with Gasteiger partial charge in [0.15, 0.2) is 5.58 Å². The zero-order valence-electron chi connectivity index (χ0n) is 41.6. The van der Waals surface area contributed by atoms with Crippen LogP contribution in [0.4, 0.5) is 45.5 Å². The summed E-state index contributed by atoms with van der Waals surface area (Å²) in [5, 5.41) is 4.49. The van der Waals surface area contributed by atoms with Crippen LogP contribution >= 0.6 is 0 Å². The van der Waals surface area contributed by atoms with Crippen LogP contribution in [0.3, 0.4) is 0 Å². The first-order valence-electron chi connectivity index (χ1n) is 25.5. The molecule has 2 aromatic heterocycles. The Bertz CT molecular complexity index is 3850. The van der Waals surface area contributed by atoms with Gasteiger partial charge >= 0.3 is 0 Å². The van der Waals surface area contributed by atoms with Crippen LogP contribution in [0.15, 0.2) is 167 Å². The number of hydrogen-bond donors (Lipinski definition) is 0. The molecule has 1 saturated carbocycles. The molecule has 5 nitrogen and oxygen atoms in total. The predicted octanol–water partition coefficient (Wildman–Crippen LogP) is 15.9. The molecule has 6 heteroatoms. The Morgan fingerprint density at radius 3 is 1.74 bits per heavy atom. The summed E-state index contributed by atoms with van der Waals surface area (Å²) in [5.41, 5.74) is 20.7. The van der Waals surface area contributed by atoms with Crippen molar-refractivity contribution in [3.8, 4) is 0 Å². The molecule has 0 bridgehead atoms. The van der Waals surface area contributed by atoms with Crippen molar-refractivity contribution in [2.75, 3.05) is 14.7 Å². The van der Waals surface area contributed by atoms with Crippen molar-refractivity contribution in [1.82, 2.24) is 0 Å². The van der Waals surface area contributed by atoms with Crippen molar-refractivity contribution >= 4 is 112 Å². The van der Waals surface area contributed by atoms with Crippen LogP contribution in [0.5, 0.6) is 0 Å². The zero-order chi connectivity index (χ0) is 47.6. The van der Waals surface area contributed by atoms with E-state index in [9.17, 15) is 0 Å². The Morgan fingerprint density at radius 2 is 1.03 bits per heavy atom. The lowest BCUT2D eigenvalue weighted by Crippen LogP contribution is -2.61. The van der Waals surface area contributed by atoms with Crippen LogP contribution in [0.2, 0.25) is 0 Å². The normalized spacial score (nSPS) is 19.5. The molecule has 0 saturated heterocycles. The van der Waals surface area contributed by atoms with Gasteiger partial charge in [0.2, 0.25) is 0 Å². The van der Waals surface area contributed by atoms with Crippen LogP contribution < -0.4 is 31.1 Å². The van der Waals surface area contributed by atoms with E-state index in [1.807, 2.05) is 0 Å². The topological polar surface area (TPSA) is 36.0 Å². The molecular formula is C64H58BN3O2. The highest BCUT2D eigenvalue weighted by Gasteiger charge is 2.58. The van der Waals surface area contributed by atoms with Gasteiger partial charge in [-0.05, 0) is 130 Å². The SMILES string of the molecule is CC(C)(C)c1ccc2c(c1)N(c1ccc3oc4ccccc4c3c1)c1cc(N3c4ccccc4C4(C)CCCCC34C)cc3c1B2c1ccc(C(C)(C)C)cc1N3c1cccc2c1oc1ccccc12. The largest absolute Gasteiger partial charge is 0.456 e. The number of hydrogen-bond acceptors (Lipinski definition) is 5. The molecule has 2 unspecified atom stereocenters. The molecule has 0 N–H and O–H groups in total. The second-order valence-corrected chi connectivity index (χ2v) is 23.2. The van der Waals surface area contributed by atoms with Crippen LogP contribution in [0.25, 0.3) is 43.9 Å². The first-order valence-corrected chi connectivity index (χ1v) is 25.5. The van der Waals surface area contributed by atoms with E-state index >= 15 is 0 Å². The molecule has 1 aliphatic carbocycles. The van der Waals surface area contributed by atoms with Crippen molar-refractivity contribution in [3.05, 3.63) is 174 Å². The monoisotopic (exact) mass is 911 g/mol. The van der Waals surface area contributed by atoms with Crippen molar-refractivity contribution in [3.63, 3.8) is 0 Å². The maximum atomic E-state index is 7.03. The van der Waals surface area contributed by atoms with E-state index in [-0.39, 0.29) is 28.5 Å². The minimum absolute atomic E-state index is 0.0213. The second kappa shape index (κ2) is 14.2. The van der Waals surface area contributed by atoms with Gasteiger partial charge in [0.05, 0.1) is 11.2 Å². The fraction of sp³-hybridized carbons (Fsp3) is 0.250. The fourth-order valence-corrected chi connectivity index (χ4v) is 13.4. The summed E-state index contributed by atoms with van der Waals surface area (Å²) in [6, 6.07) is 59.6. The predicted molar refractivity (Wildman–Crippen MR) is 295 cm³/mol. The molecule has 8 aromatic carbocycles. The van der Waals surface area contributed by atoms with Crippen LogP contribution in [-0.2, 0) is 16.2 Å². The number of furan rings is 2. The number of nitrogens with zero attached hydrogens (tertiary/aromatic N) is 3. The van der Waals surface area contributed by atoms with E-state index in [0.717, 1.165) is 68.1 Å². The number of anilines is 8. The van der Waals surface area contributed by atoms with Gasteiger partial charge in [-0.2, -0.15) is 0 Å². The quantitative estimate of drug-likeness (QED) is 0.165. The average molecular weight is 912 g/mol. The van der Waals surface area contributed by atoms with E-state index in [4.69, 9.17) is 8.83 Å². The maximum absolute atomic E-state index is 7.03. The highest BCUT2D eigenvalue weighted by molar-refractivity contribution is 7.00. The molecule has 5 heterocycles. The maximum Gasteiger partial charge on any atom is 0.252 e. The first-order chi connectivity index (χ1) is 33.7. The van der Waals surface area contributed by atoms with Gasteiger partial charge in [-0.3, -0.25) is 0 Å². The van der Waals surface area contributed by atoms with Gasteiger partial charge in [-0.15, -0.1) is 0 Å². The number of rotatable bonds is 3. The minimum atomic E-state index is -0.156. The zero-order valence-corrected chi connectivity index (χ0v) is 41.6. The molecule has 0 spiro atoms. The van der Waals surface area contributed by atoms with Crippen molar-refractivity contribution in [2.45, 2.75) is 103 Å².